The number of nitrogens with one attached hydrogen (secondary N) is 3. The highest BCUT2D eigenvalue weighted by molar-refractivity contribution is 5.99. The van der Waals surface area contributed by atoms with Crippen LogP contribution in [0.1, 0.15) is 33.6 Å². The summed E-state index contributed by atoms with van der Waals surface area (Å²) in [5.41, 5.74) is 4.16. The van der Waals surface area contributed by atoms with Crippen LogP contribution in [0.5, 0.6) is 0 Å². The first-order valence-electron chi connectivity index (χ1n) is 10.6. The molecule has 9 heteroatoms. The van der Waals surface area contributed by atoms with Crippen LogP contribution in [0.2, 0.25) is 0 Å². The fourth-order valence-electron chi connectivity index (χ4n) is 3.74. The van der Waals surface area contributed by atoms with Crippen molar-refractivity contribution in [2.75, 3.05) is 24.7 Å². The zero-order valence-corrected chi connectivity index (χ0v) is 18.5. The minimum absolute atomic E-state index is 0.0775. The van der Waals surface area contributed by atoms with Gasteiger partial charge in [-0.2, -0.15) is 0 Å². The molecule has 170 valence electrons. The molecule has 3 N–H and O–H groups in total. The molecule has 1 aliphatic heterocycles. The fourth-order valence-corrected chi connectivity index (χ4v) is 3.74. The molecule has 0 spiro atoms. The smallest absolute Gasteiger partial charge is 0.253 e. The summed E-state index contributed by atoms with van der Waals surface area (Å²) in [6, 6.07) is 12.9. The Morgan fingerprint density at radius 3 is 2.79 bits per heavy atom. The highest BCUT2D eigenvalue weighted by Crippen LogP contribution is 2.24. The van der Waals surface area contributed by atoms with E-state index in [1.165, 1.54) is 0 Å². The van der Waals surface area contributed by atoms with Crippen LogP contribution in [0.15, 0.2) is 48.7 Å². The molecule has 2 amide bonds. The highest BCUT2D eigenvalue weighted by Gasteiger charge is 2.18. The highest BCUT2D eigenvalue weighted by atomic mass is 19.1. The summed E-state index contributed by atoms with van der Waals surface area (Å²) in [7, 11) is 3.35. The predicted octanol–water partition coefficient (Wildman–Crippen LogP) is 3.24. The molecule has 0 aliphatic carbocycles. The van der Waals surface area contributed by atoms with Crippen LogP contribution in [0.4, 0.5) is 21.7 Å². The molecule has 1 aliphatic rings. The quantitative estimate of drug-likeness (QED) is 0.536. The number of carbonyl (C=O) groups excluding carboxylic acids is 2. The van der Waals surface area contributed by atoms with Gasteiger partial charge >= 0.3 is 0 Å². The van der Waals surface area contributed by atoms with Gasteiger partial charge in [0.15, 0.2) is 5.82 Å². The van der Waals surface area contributed by atoms with E-state index in [9.17, 15) is 14.0 Å². The Labute approximate surface area is 191 Å². The number of nitrogens with zero attached hydrogens (tertiary/aromatic N) is 3. The van der Waals surface area contributed by atoms with E-state index in [1.807, 2.05) is 18.2 Å². The SMILES string of the molecule is CNC(=O)c1ccccc1NCc1nc(Nc2ccc3c(c2)CN(C)C(=O)CC3)ncc1F. The number of benzene rings is 2. The average molecular weight is 449 g/mol. The van der Waals surface area contributed by atoms with Crippen molar-refractivity contribution < 1.29 is 14.0 Å². The number of fused-ring (bicyclic) bond motifs is 1. The lowest BCUT2D eigenvalue weighted by molar-refractivity contribution is -0.130. The second kappa shape index (κ2) is 9.64. The average Bonchev–Trinajstić information content (AvgIpc) is 2.96. The van der Waals surface area contributed by atoms with Crippen LogP contribution in [0, 0.1) is 5.82 Å². The molecule has 8 nitrogen and oxygen atoms in total. The number of carbonyl (C=O) groups is 2. The van der Waals surface area contributed by atoms with Gasteiger partial charge < -0.3 is 20.9 Å². The molecule has 2 aromatic carbocycles. The Bertz CT molecular complexity index is 1200. The van der Waals surface area contributed by atoms with E-state index in [0.717, 1.165) is 23.0 Å². The summed E-state index contributed by atoms with van der Waals surface area (Å²) in [6.45, 7) is 0.613. The Morgan fingerprint density at radius 2 is 1.97 bits per heavy atom. The summed E-state index contributed by atoms with van der Waals surface area (Å²) in [6.07, 6.45) is 2.32. The minimum atomic E-state index is -0.549. The van der Waals surface area contributed by atoms with Crippen molar-refractivity contribution in [3.8, 4) is 0 Å². The number of aromatic nitrogens is 2. The third-order valence-electron chi connectivity index (χ3n) is 5.57. The van der Waals surface area contributed by atoms with Gasteiger partial charge in [-0.15, -0.1) is 0 Å². The summed E-state index contributed by atoms with van der Waals surface area (Å²) in [5.74, 6) is -0.407. The molecule has 0 bridgehead atoms. The molecule has 4 rings (SSSR count). The van der Waals surface area contributed by atoms with Crippen molar-refractivity contribution in [1.82, 2.24) is 20.2 Å². The van der Waals surface area contributed by atoms with Gasteiger partial charge in [-0.1, -0.05) is 18.2 Å². The first-order valence-corrected chi connectivity index (χ1v) is 10.6. The molecule has 0 radical (unpaired) electrons. The molecular formula is C24H25FN6O2. The zero-order chi connectivity index (χ0) is 23.4. The lowest BCUT2D eigenvalue weighted by atomic mass is 10.0. The van der Waals surface area contributed by atoms with E-state index in [2.05, 4.69) is 25.9 Å². The van der Waals surface area contributed by atoms with Gasteiger partial charge in [0, 0.05) is 38.4 Å². The number of rotatable bonds is 6. The number of hydrogen-bond acceptors (Lipinski definition) is 6. The Hall–Kier alpha value is -4.01. The van der Waals surface area contributed by atoms with Gasteiger partial charge in [0.2, 0.25) is 11.9 Å². The second-order valence-corrected chi connectivity index (χ2v) is 7.82. The van der Waals surface area contributed by atoms with Crippen LogP contribution < -0.4 is 16.0 Å². The Morgan fingerprint density at radius 1 is 1.15 bits per heavy atom. The van der Waals surface area contributed by atoms with Gasteiger partial charge in [0.25, 0.3) is 5.91 Å². The molecule has 0 unspecified atom stereocenters. The zero-order valence-electron chi connectivity index (χ0n) is 18.5. The molecule has 2 heterocycles. The number of amides is 2. The first-order chi connectivity index (χ1) is 15.9. The topological polar surface area (TPSA) is 99.2 Å². The fraction of sp³-hybridized carbons (Fsp3) is 0.250. The molecule has 1 aromatic heterocycles. The third-order valence-corrected chi connectivity index (χ3v) is 5.57. The summed E-state index contributed by atoms with van der Waals surface area (Å²) in [4.78, 5) is 34.1. The van der Waals surface area contributed by atoms with E-state index >= 15 is 0 Å². The van der Waals surface area contributed by atoms with Crippen molar-refractivity contribution in [2.24, 2.45) is 0 Å². The van der Waals surface area contributed by atoms with E-state index in [-0.39, 0.29) is 30.0 Å². The van der Waals surface area contributed by atoms with Crippen molar-refractivity contribution in [1.29, 1.82) is 0 Å². The van der Waals surface area contributed by atoms with Crippen LogP contribution >= 0.6 is 0 Å². The lowest BCUT2D eigenvalue weighted by Crippen LogP contribution is -2.24. The third kappa shape index (κ3) is 5.08. The predicted molar refractivity (Wildman–Crippen MR) is 124 cm³/mol. The number of anilines is 3. The molecule has 3 aromatic rings. The lowest BCUT2D eigenvalue weighted by Gasteiger charge is -2.15. The molecule has 0 atom stereocenters. The number of hydrogen-bond donors (Lipinski definition) is 3. The minimum Gasteiger partial charge on any atom is -0.379 e. The van der Waals surface area contributed by atoms with Crippen LogP contribution in [0.3, 0.4) is 0 Å². The monoisotopic (exact) mass is 448 g/mol. The van der Waals surface area contributed by atoms with Crippen LogP contribution in [0.25, 0.3) is 0 Å². The Kier molecular flexibility index (Phi) is 6.48. The number of halogens is 1. The summed E-state index contributed by atoms with van der Waals surface area (Å²) < 4.78 is 14.4. The summed E-state index contributed by atoms with van der Waals surface area (Å²) >= 11 is 0. The van der Waals surface area contributed by atoms with Gasteiger partial charge in [-0.3, -0.25) is 9.59 Å². The standard InChI is InChI=1S/C24H25FN6O2/c1-26-23(33)18-5-3-4-6-20(18)27-13-21-19(25)12-28-24(30-21)29-17-9-7-15-8-10-22(32)31(2)14-16(15)11-17/h3-7,9,11-12,27H,8,10,13-14H2,1-2H3,(H,26,33)(H,28,29,30). The van der Waals surface area contributed by atoms with Gasteiger partial charge in [0.1, 0.15) is 5.69 Å². The maximum Gasteiger partial charge on any atom is 0.253 e. The Balaban J connectivity index is 1.50. The van der Waals surface area contributed by atoms with Crippen LogP contribution in [-0.4, -0.2) is 40.8 Å². The van der Waals surface area contributed by atoms with E-state index < -0.39 is 5.82 Å². The maximum atomic E-state index is 14.4. The van der Waals surface area contributed by atoms with Gasteiger partial charge in [-0.25, -0.2) is 14.4 Å². The van der Waals surface area contributed by atoms with Crippen molar-refractivity contribution in [3.05, 3.63) is 76.9 Å². The number of aryl methyl sites for hydroxylation is 1. The molecule has 0 fully saturated rings. The molecular weight excluding hydrogens is 423 g/mol. The largest absolute Gasteiger partial charge is 0.379 e. The molecule has 0 saturated heterocycles. The van der Waals surface area contributed by atoms with Gasteiger partial charge in [-0.05, 0) is 41.8 Å². The first kappa shape index (κ1) is 22.2. The van der Waals surface area contributed by atoms with Gasteiger partial charge in [0.05, 0.1) is 18.3 Å². The molecule has 0 saturated carbocycles. The number of para-hydroxylation sites is 1. The van der Waals surface area contributed by atoms with Crippen molar-refractivity contribution >= 4 is 29.1 Å². The van der Waals surface area contributed by atoms with Crippen LogP contribution in [-0.2, 0) is 24.3 Å². The maximum absolute atomic E-state index is 14.4. The molecule has 33 heavy (non-hydrogen) atoms. The van der Waals surface area contributed by atoms with E-state index in [1.54, 1.807) is 43.3 Å². The summed E-state index contributed by atoms with van der Waals surface area (Å²) in [5, 5.41) is 8.79. The normalized spacial score (nSPS) is 13.2. The van der Waals surface area contributed by atoms with E-state index in [4.69, 9.17) is 0 Å². The van der Waals surface area contributed by atoms with Crippen molar-refractivity contribution in [2.45, 2.75) is 25.9 Å². The van der Waals surface area contributed by atoms with Crippen molar-refractivity contribution in [3.63, 3.8) is 0 Å². The second-order valence-electron chi connectivity index (χ2n) is 7.82. The van der Waals surface area contributed by atoms with E-state index in [0.29, 0.717) is 30.6 Å².